The maximum atomic E-state index is 12.3. The van der Waals surface area contributed by atoms with E-state index in [1.807, 2.05) is 0 Å². The molecule has 0 saturated carbocycles. The van der Waals surface area contributed by atoms with Crippen LogP contribution in [0.25, 0.3) is 0 Å². The smallest absolute Gasteiger partial charge is 0.216 e. The van der Waals surface area contributed by atoms with E-state index in [-0.39, 0.29) is 29.0 Å². The summed E-state index contributed by atoms with van der Waals surface area (Å²) in [5, 5.41) is 0. The Morgan fingerprint density at radius 3 is 2.86 bits per heavy atom. The van der Waals surface area contributed by atoms with Gasteiger partial charge in [-0.05, 0) is 30.9 Å². The second-order valence-electron chi connectivity index (χ2n) is 5.66. The molecule has 0 amide bonds. The first-order valence-electron chi connectivity index (χ1n) is 6.97. The Labute approximate surface area is 129 Å². The first-order valence-corrected chi connectivity index (χ1v) is 9.03. The van der Waals surface area contributed by atoms with Crippen LogP contribution in [0.2, 0.25) is 0 Å². The molecule has 3 unspecified atom stereocenters. The van der Waals surface area contributed by atoms with Gasteiger partial charge in [-0.15, -0.1) is 0 Å². The molecule has 2 bridgehead atoms. The standard InChI is InChI=1S/C14H18N2O3S2/c15-14(20)10-3-1-2-9(6-10)8-21(17,18)16-12-7-11-4-5-13(12)19-11/h1-3,6,11-13,16H,4-5,7-8H2,(H2,15,20). The number of hydrogen-bond acceptors (Lipinski definition) is 4. The minimum atomic E-state index is -3.40. The van der Waals surface area contributed by atoms with E-state index < -0.39 is 10.0 Å². The van der Waals surface area contributed by atoms with E-state index in [1.54, 1.807) is 24.3 Å². The molecule has 3 N–H and O–H groups in total. The maximum Gasteiger partial charge on any atom is 0.216 e. The molecule has 1 aromatic carbocycles. The zero-order valence-electron chi connectivity index (χ0n) is 11.5. The van der Waals surface area contributed by atoms with Gasteiger partial charge in [0.15, 0.2) is 0 Å². The van der Waals surface area contributed by atoms with Crippen LogP contribution in [-0.2, 0) is 20.5 Å². The van der Waals surface area contributed by atoms with Crippen LogP contribution in [-0.4, -0.2) is 31.7 Å². The van der Waals surface area contributed by atoms with Crippen molar-refractivity contribution in [3.63, 3.8) is 0 Å². The summed E-state index contributed by atoms with van der Waals surface area (Å²) < 4.78 is 33.0. The second-order valence-corrected chi connectivity index (χ2v) is 7.85. The number of ether oxygens (including phenoxy) is 1. The van der Waals surface area contributed by atoms with Crippen LogP contribution in [0.15, 0.2) is 24.3 Å². The van der Waals surface area contributed by atoms with Crippen molar-refractivity contribution >= 4 is 27.2 Å². The molecule has 7 heteroatoms. The van der Waals surface area contributed by atoms with Gasteiger partial charge in [-0.3, -0.25) is 0 Å². The van der Waals surface area contributed by atoms with Gasteiger partial charge in [0.25, 0.3) is 0 Å². The molecule has 1 aromatic rings. The average molecular weight is 326 g/mol. The molecule has 0 aromatic heterocycles. The van der Waals surface area contributed by atoms with E-state index in [0.717, 1.165) is 19.3 Å². The number of thiocarbonyl (C=S) groups is 1. The Morgan fingerprint density at radius 1 is 1.43 bits per heavy atom. The first-order chi connectivity index (χ1) is 9.93. The van der Waals surface area contributed by atoms with Gasteiger partial charge in [-0.1, -0.05) is 30.4 Å². The monoisotopic (exact) mass is 326 g/mol. The van der Waals surface area contributed by atoms with Gasteiger partial charge in [0.1, 0.15) is 4.99 Å². The number of nitrogens with two attached hydrogens (primary N) is 1. The van der Waals surface area contributed by atoms with Crippen LogP contribution < -0.4 is 10.5 Å². The van der Waals surface area contributed by atoms with Gasteiger partial charge in [0.2, 0.25) is 10.0 Å². The zero-order valence-corrected chi connectivity index (χ0v) is 13.1. The van der Waals surface area contributed by atoms with Crippen LogP contribution in [0.4, 0.5) is 0 Å². The van der Waals surface area contributed by atoms with E-state index in [9.17, 15) is 8.42 Å². The van der Waals surface area contributed by atoms with E-state index in [4.69, 9.17) is 22.7 Å². The number of rotatable bonds is 5. The Kier molecular flexibility index (Phi) is 4.00. The molecule has 5 nitrogen and oxygen atoms in total. The Bertz CT molecular complexity index is 660. The number of nitrogens with one attached hydrogen (secondary N) is 1. The largest absolute Gasteiger partial charge is 0.389 e. The van der Waals surface area contributed by atoms with Crippen LogP contribution in [0.1, 0.15) is 30.4 Å². The lowest BCUT2D eigenvalue weighted by Crippen LogP contribution is -2.41. The van der Waals surface area contributed by atoms with Gasteiger partial charge in [-0.2, -0.15) is 0 Å². The van der Waals surface area contributed by atoms with Crippen molar-refractivity contribution in [2.45, 2.75) is 43.3 Å². The second kappa shape index (κ2) is 5.64. The highest BCUT2D eigenvalue weighted by Crippen LogP contribution is 2.34. The highest BCUT2D eigenvalue weighted by molar-refractivity contribution is 7.88. The van der Waals surface area contributed by atoms with Crippen molar-refractivity contribution in [2.75, 3.05) is 0 Å². The van der Waals surface area contributed by atoms with Gasteiger partial charge < -0.3 is 10.5 Å². The maximum absolute atomic E-state index is 12.3. The molecule has 0 aliphatic carbocycles. The lowest BCUT2D eigenvalue weighted by molar-refractivity contribution is 0.0996. The number of sulfonamides is 1. The average Bonchev–Trinajstić information content (AvgIpc) is 3.00. The molecule has 2 aliphatic rings. The third-order valence-electron chi connectivity index (χ3n) is 4.01. The van der Waals surface area contributed by atoms with Gasteiger partial charge in [0, 0.05) is 5.56 Å². The summed E-state index contributed by atoms with van der Waals surface area (Å²) in [6.07, 6.45) is 3.01. The Morgan fingerprint density at radius 2 is 2.24 bits per heavy atom. The van der Waals surface area contributed by atoms with Gasteiger partial charge in [-0.25, -0.2) is 13.1 Å². The summed E-state index contributed by atoms with van der Waals surface area (Å²) in [7, 11) is -3.40. The molecule has 21 heavy (non-hydrogen) atoms. The summed E-state index contributed by atoms with van der Waals surface area (Å²) in [4.78, 5) is 0.267. The molecular weight excluding hydrogens is 308 g/mol. The van der Waals surface area contributed by atoms with Crippen molar-refractivity contribution in [3.8, 4) is 0 Å². The summed E-state index contributed by atoms with van der Waals surface area (Å²) in [6, 6.07) is 6.93. The lowest BCUT2D eigenvalue weighted by atomic mass is 9.96. The number of benzene rings is 1. The molecule has 2 heterocycles. The summed E-state index contributed by atoms with van der Waals surface area (Å²) in [6.45, 7) is 0. The highest BCUT2D eigenvalue weighted by Gasteiger charge is 2.42. The normalized spacial score (nSPS) is 27.9. The molecule has 2 fully saturated rings. The minimum absolute atomic E-state index is 0.0349. The fraction of sp³-hybridized carbons (Fsp3) is 0.500. The highest BCUT2D eigenvalue weighted by atomic mass is 32.2. The third kappa shape index (κ3) is 3.42. The quantitative estimate of drug-likeness (QED) is 0.791. The molecule has 0 radical (unpaired) electrons. The molecule has 2 saturated heterocycles. The first kappa shape index (κ1) is 14.9. The van der Waals surface area contributed by atoms with E-state index in [2.05, 4.69) is 4.72 Å². The molecule has 114 valence electrons. The lowest BCUT2D eigenvalue weighted by Gasteiger charge is -2.20. The van der Waals surface area contributed by atoms with Crippen LogP contribution >= 0.6 is 12.2 Å². The van der Waals surface area contributed by atoms with E-state index >= 15 is 0 Å². The molecule has 0 spiro atoms. The van der Waals surface area contributed by atoms with Gasteiger partial charge >= 0.3 is 0 Å². The topological polar surface area (TPSA) is 81.4 Å². The number of fused-ring (bicyclic) bond motifs is 2. The van der Waals surface area contributed by atoms with Gasteiger partial charge in [0.05, 0.1) is 24.0 Å². The molecule has 2 aliphatic heterocycles. The third-order valence-corrected chi connectivity index (χ3v) is 5.62. The SMILES string of the molecule is NC(=S)c1cccc(CS(=O)(=O)NC2CC3CCC2O3)c1. The van der Waals surface area contributed by atoms with Crippen LogP contribution in [0.5, 0.6) is 0 Å². The molecule has 3 atom stereocenters. The predicted molar refractivity (Wildman–Crippen MR) is 84.4 cm³/mol. The van der Waals surface area contributed by atoms with Crippen LogP contribution in [0.3, 0.4) is 0 Å². The fourth-order valence-electron chi connectivity index (χ4n) is 3.07. The van der Waals surface area contributed by atoms with E-state index in [1.165, 1.54) is 0 Å². The summed E-state index contributed by atoms with van der Waals surface area (Å²) in [5.41, 5.74) is 6.93. The Hall–Kier alpha value is -1.02. The Balaban J connectivity index is 1.68. The van der Waals surface area contributed by atoms with Crippen molar-refractivity contribution in [3.05, 3.63) is 35.4 Å². The zero-order chi connectivity index (χ0) is 15.0. The van der Waals surface area contributed by atoms with Crippen molar-refractivity contribution in [1.29, 1.82) is 0 Å². The van der Waals surface area contributed by atoms with Crippen LogP contribution in [0, 0.1) is 0 Å². The predicted octanol–water partition coefficient (Wildman–Crippen LogP) is 1.06. The fourth-order valence-corrected chi connectivity index (χ4v) is 4.61. The van der Waals surface area contributed by atoms with Crippen molar-refractivity contribution in [1.82, 2.24) is 4.72 Å². The van der Waals surface area contributed by atoms with E-state index in [0.29, 0.717) is 11.1 Å². The van der Waals surface area contributed by atoms with Crippen molar-refractivity contribution < 1.29 is 13.2 Å². The molecular formula is C14H18N2O3S2. The molecule has 3 rings (SSSR count). The minimum Gasteiger partial charge on any atom is -0.389 e. The van der Waals surface area contributed by atoms with Crippen molar-refractivity contribution in [2.24, 2.45) is 5.73 Å². The summed E-state index contributed by atoms with van der Waals surface area (Å²) in [5.74, 6) is -0.0721. The number of hydrogen-bond donors (Lipinski definition) is 2. The summed E-state index contributed by atoms with van der Waals surface area (Å²) >= 11 is 4.91.